The Bertz CT molecular complexity index is 895. The summed E-state index contributed by atoms with van der Waals surface area (Å²) in [7, 11) is 0. The number of carbonyl (C=O) groups is 1. The molecule has 2 aromatic carbocycles. The van der Waals surface area contributed by atoms with Gasteiger partial charge in [0, 0.05) is 5.69 Å². The van der Waals surface area contributed by atoms with Crippen LogP contribution in [0.5, 0.6) is 5.75 Å². The van der Waals surface area contributed by atoms with E-state index in [0.717, 1.165) is 17.3 Å². The highest BCUT2D eigenvalue weighted by molar-refractivity contribution is 7.99. The van der Waals surface area contributed by atoms with Crippen molar-refractivity contribution in [2.24, 2.45) is 0 Å². The fourth-order valence-electron chi connectivity index (χ4n) is 2.25. The average molecular weight is 373 g/mol. The van der Waals surface area contributed by atoms with Crippen molar-refractivity contribution >= 4 is 17.7 Å². The zero-order valence-corrected chi connectivity index (χ0v) is 14.7. The lowest BCUT2D eigenvalue weighted by Gasteiger charge is -2.11. The number of ether oxygens (including phenoxy) is 1. The predicted molar refractivity (Wildman–Crippen MR) is 95.2 cm³/mol. The van der Waals surface area contributed by atoms with Gasteiger partial charge in [-0.2, -0.15) is 0 Å². The number of nitrogens with zero attached hydrogens (tertiary/aromatic N) is 3. The molecular formula is C18H16FN3O3S. The lowest BCUT2D eigenvalue weighted by molar-refractivity contribution is -0.133. The smallest absolute Gasteiger partial charge is 0.313 e. The molecule has 26 heavy (non-hydrogen) atoms. The van der Waals surface area contributed by atoms with Crippen molar-refractivity contribution in [2.75, 3.05) is 5.75 Å². The number of benzene rings is 2. The van der Waals surface area contributed by atoms with Crippen molar-refractivity contribution in [3.8, 4) is 11.4 Å². The van der Waals surface area contributed by atoms with E-state index in [2.05, 4.69) is 10.2 Å². The molecule has 1 aromatic heterocycles. The third-order valence-electron chi connectivity index (χ3n) is 3.50. The number of aliphatic carboxylic acids is 1. The molecule has 0 aliphatic rings. The van der Waals surface area contributed by atoms with Crippen LogP contribution < -0.4 is 4.74 Å². The fraction of sp³-hybridized carbons (Fsp3) is 0.167. The van der Waals surface area contributed by atoms with Gasteiger partial charge >= 0.3 is 5.97 Å². The van der Waals surface area contributed by atoms with E-state index >= 15 is 0 Å². The van der Waals surface area contributed by atoms with Gasteiger partial charge in [0.1, 0.15) is 18.2 Å². The highest BCUT2D eigenvalue weighted by Crippen LogP contribution is 2.23. The van der Waals surface area contributed by atoms with Gasteiger partial charge in [0.15, 0.2) is 11.0 Å². The molecular weight excluding hydrogens is 357 g/mol. The quantitative estimate of drug-likeness (QED) is 0.639. The second kappa shape index (κ2) is 8.01. The first-order valence-corrected chi connectivity index (χ1v) is 8.76. The molecule has 0 aliphatic heterocycles. The largest absolute Gasteiger partial charge is 0.486 e. The zero-order valence-electron chi connectivity index (χ0n) is 13.9. The van der Waals surface area contributed by atoms with E-state index in [1.807, 2.05) is 31.2 Å². The summed E-state index contributed by atoms with van der Waals surface area (Å²) in [6, 6.07) is 13.4. The molecule has 134 valence electrons. The summed E-state index contributed by atoms with van der Waals surface area (Å²) in [6.07, 6.45) is 0. The van der Waals surface area contributed by atoms with Crippen molar-refractivity contribution in [3.63, 3.8) is 0 Å². The van der Waals surface area contributed by atoms with Crippen molar-refractivity contribution in [2.45, 2.75) is 18.7 Å². The second-order valence-corrected chi connectivity index (χ2v) is 6.44. The number of aryl methyl sites for hydroxylation is 1. The van der Waals surface area contributed by atoms with Gasteiger partial charge in [-0.05, 0) is 43.3 Å². The molecule has 0 bridgehead atoms. The maximum atomic E-state index is 13.2. The van der Waals surface area contributed by atoms with Gasteiger partial charge < -0.3 is 9.84 Å². The molecule has 1 N–H and O–H groups in total. The summed E-state index contributed by atoms with van der Waals surface area (Å²) < 4.78 is 20.7. The van der Waals surface area contributed by atoms with Crippen molar-refractivity contribution < 1.29 is 19.0 Å². The number of carboxylic acid groups (broad SMARTS) is 1. The Morgan fingerprint density at radius 2 is 1.85 bits per heavy atom. The third-order valence-corrected chi connectivity index (χ3v) is 4.41. The van der Waals surface area contributed by atoms with E-state index in [1.54, 1.807) is 16.7 Å². The van der Waals surface area contributed by atoms with Gasteiger partial charge in [-0.15, -0.1) is 10.2 Å². The number of aromatic nitrogens is 3. The van der Waals surface area contributed by atoms with Gasteiger partial charge in [-0.3, -0.25) is 9.36 Å². The van der Waals surface area contributed by atoms with E-state index < -0.39 is 5.97 Å². The molecule has 0 spiro atoms. The Kier molecular flexibility index (Phi) is 5.52. The topological polar surface area (TPSA) is 77.2 Å². The number of hydrogen-bond acceptors (Lipinski definition) is 5. The molecule has 0 amide bonds. The van der Waals surface area contributed by atoms with Crippen LogP contribution in [0.4, 0.5) is 4.39 Å². The van der Waals surface area contributed by atoms with E-state index in [-0.39, 0.29) is 18.2 Å². The average Bonchev–Trinajstić information content (AvgIpc) is 3.03. The SMILES string of the molecule is Cc1ccc(OCc2nnc(SCC(=O)O)n2-c2ccc(F)cc2)cc1. The minimum atomic E-state index is -0.957. The molecule has 0 radical (unpaired) electrons. The summed E-state index contributed by atoms with van der Waals surface area (Å²) in [4.78, 5) is 10.9. The van der Waals surface area contributed by atoms with Crippen LogP contribution in [0, 0.1) is 12.7 Å². The molecule has 0 saturated carbocycles. The molecule has 0 saturated heterocycles. The first-order chi connectivity index (χ1) is 12.5. The fourth-order valence-corrected chi connectivity index (χ4v) is 2.94. The number of halogens is 1. The van der Waals surface area contributed by atoms with Crippen LogP contribution in [-0.2, 0) is 11.4 Å². The van der Waals surface area contributed by atoms with E-state index in [9.17, 15) is 9.18 Å². The third kappa shape index (κ3) is 4.40. The maximum Gasteiger partial charge on any atom is 0.313 e. The highest BCUT2D eigenvalue weighted by Gasteiger charge is 2.16. The standard InChI is InChI=1S/C18H16FN3O3S/c1-12-2-8-15(9-3-12)25-10-16-20-21-18(26-11-17(23)24)22(16)14-6-4-13(19)5-7-14/h2-9H,10-11H2,1H3,(H,23,24). The summed E-state index contributed by atoms with van der Waals surface area (Å²) >= 11 is 1.04. The predicted octanol–water partition coefficient (Wildman–Crippen LogP) is 3.47. The Morgan fingerprint density at radius 3 is 2.50 bits per heavy atom. The maximum absolute atomic E-state index is 13.2. The summed E-state index contributed by atoms with van der Waals surface area (Å²) in [5.41, 5.74) is 1.76. The Hall–Kier alpha value is -2.87. The van der Waals surface area contributed by atoms with Crippen LogP contribution in [-0.4, -0.2) is 31.6 Å². The van der Waals surface area contributed by atoms with Gasteiger partial charge in [0.25, 0.3) is 0 Å². The normalized spacial score (nSPS) is 10.7. The molecule has 8 heteroatoms. The van der Waals surface area contributed by atoms with Crippen molar-refractivity contribution in [1.82, 2.24) is 14.8 Å². The van der Waals surface area contributed by atoms with Crippen LogP contribution in [0.3, 0.4) is 0 Å². The molecule has 0 fully saturated rings. The summed E-state index contributed by atoms with van der Waals surface area (Å²) in [5.74, 6) is -0.299. The minimum absolute atomic E-state index is 0.140. The Morgan fingerprint density at radius 1 is 1.15 bits per heavy atom. The second-order valence-electron chi connectivity index (χ2n) is 5.49. The first-order valence-electron chi connectivity index (χ1n) is 7.77. The van der Waals surface area contributed by atoms with Crippen molar-refractivity contribution in [3.05, 3.63) is 65.7 Å². The monoisotopic (exact) mass is 373 g/mol. The van der Waals surface area contributed by atoms with Crippen LogP contribution >= 0.6 is 11.8 Å². The lowest BCUT2D eigenvalue weighted by atomic mass is 10.2. The minimum Gasteiger partial charge on any atom is -0.486 e. The van der Waals surface area contributed by atoms with Crippen LogP contribution in [0.2, 0.25) is 0 Å². The molecule has 3 aromatic rings. The highest BCUT2D eigenvalue weighted by atomic mass is 32.2. The molecule has 6 nitrogen and oxygen atoms in total. The molecule has 1 heterocycles. The van der Waals surface area contributed by atoms with Gasteiger partial charge in [-0.1, -0.05) is 29.5 Å². The number of hydrogen-bond donors (Lipinski definition) is 1. The zero-order chi connectivity index (χ0) is 18.5. The van der Waals surface area contributed by atoms with Crippen LogP contribution in [0.15, 0.2) is 53.7 Å². The molecule has 0 unspecified atom stereocenters. The summed E-state index contributed by atoms with van der Waals surface area (Å²) in [5, 5.41) is 17.5. The van der Waals surface area contributed by atoms with E-state index in [1.165, 1.54) is 12.1 Å². The number of carboxylic acids is 1. The van der Waals surface area contributed by atoms with Crippen molar-refractivity contribution in [1.29, 1.82) is 0 Å². The van der Waals surface area contributed by atoms with Crippen LogP contribution in [0.1, 0.15) is 11.4 Å². The molecule has 0 aliphatic carbocycles. The molecule has 0 atom stereocenters. The molecule has 3 rings (SSSR count). The van der Waals surface area contributed by atoms with E-state index in [4.69, 9.17) is 9.84 Å². The van der Waals surface area contributed by atoms with Gasteiger partial charge in [-0.25, -0.2) is 4.39 Å². The lowest BCUT2D eigenvalue weighted by Crippen LogP contribution is -2.07. The first kappa shape index (κ1) is 17.9. The van der Waals surface area contributed by atoms with E-state index in [0.29, 0.717) is 22.4 Å². The Labute approximate surface area is 153 Å². The number of thioether (sulfide) groups is 1. The summed E-state index contributed by atoms with van der Waals surface area (Å²) in [6.45, 7) is 2.13. The van der Waals surface area contributed by atoms with Gasteiger partial charge in [0.05, 0.1) is 5.75 Å². The number of rotatable bonds is 7. The Balaban J connectivity index is 1.87. The van der Waals surface area contributed by atoms with Gasteiger partial charge in [0.2, 0.25) is 0 Å². The van der Waals surface area contributed by atoms with Crippen LogP contribution in [0.25, 0.3) is 5.69 Å².